The highest BCUT2D eigenvalue weighted by molar-refractivity contribution is 7.90. The highest BCUT2D eigenvalue weighted by atomic mass is 35.5. The number of sulfonamides is 1. The monoisotopic (exact) mass is 412 g/mol. The van der Waals surface area contributed by atoms with Gasteiger partial charge in [0.25, 0.3) is 21.9 Å². The molecule has 0 radical (unpaired) electrons. The number of rotatable bonds is 4. The predicted molar refractivity (Wildman–Crippen MR) is 98.7 cm³/mol. The summed E-state index contributed by atoms with van der Waals surface area (Å²) < 4.78 is 53.4. The van der Waals surface area contributed by atoms with E-state index in [4.69, 9.17) is 11.6 Å². The van der Waals surface area contributed by atoms with Crippen LogP contribution in [0, 0.1) is 6.92 Å². The van der Waals surface area contributed by atoms with E-state index in [9.17, 15) is 22.0 Å². The molecule has 0 aliphatic rings. The van der Waals surface area contributed by atoms with Crippen molar-refractivity contribution < 1.29 is 22.0 Å². The number of carbonyl (C=O) groups excluding carboxylic acids is 1. The van der Waals surface area contributed by atoms with Crippen molar-refractivity contribution in [3.05, 3.63) is 64.3 Å². The SMILES string of the molecule is Cc1[nH]c2ccc(Cl)cc2c1C(=O)NS(=O)(=O)c1ccc(C(C)(F)F)cc1. The lowest BCUT2D eigenvalue weighted by Gasteiger charge is -2.12. The van der Waals surface area contributed by atoms with Crippen molar-refractivity contribution in [3.63, 3.8) is 0 Å². The zero-order valence-electron chi connectivity index (χ0n) is 14.3. The number of hydrogen-bond donors (Lipinski definition) is 2. The lowest BCUT2D eigenvalue weighted by atomic mass is 10.1. The molecule has 1 aromatic heterocycles. The lowest BCUT2D eigenvalue weighted by molar-refractivity contribution is 0.0174. The molecule has 0 bridgehead atoms. The Morgan fingerprint density at radius 3 is 2.37 bits per heavy atom. The molecule has 0 aliphatic carbocycles. The molecule has 0 saturated heterocycles. The smallest absolute Gasteiger partial charge is 0.270 e. The number of carbonyl (C=O) groups is 1. The first-order valence-corrected chi connectivity index (χ1v) is 9.68. The van der Waals surface area contributed by atoms with Crippen molar-refractivity contribution in [2.24, 2.45) is 0 Å². The van der Waals surface area contributed by atoms with Crippen molar-refractivity contribution in [2.45, 2.75) is 24.7 Å². The van der Waals surface area contributed by atoms with Gasteiger partial charge < -0.3 is 4.98 Å². The molecule has 5 nitrogen and oxygen atoms in total. The van der Waals surface area contributed by atoms with Gasteiger partial charge in [-0.2, -0.15) is 0 Å². The number of benzene rings is 2. The normalized spacial score (nSPS) is 12.3. The second-order valence-electron chi connectivity index (χ2n) is 6.16. The maximum Gasteiger partial charge on any atom is 0.270 e. The van der Waals surface area contributed by atoms with Gasteiger partial charge in [0.05, 0.1) is 10.5 Å². The van der Waals surface area contributed by atoms with Gasteiger partial charge in [-0.15, -0.1) is 0 Å². The van der Waals surface area contributed by atoms with E-state index in [1.807, 2.05) is 4.72 Å². The maximum atomic E-state index is 13.3. The van der Waals surface area contributed by atoms with Crippen molar-refractivity contribution >= 4 is 38.4 Å². The Morgan fingerprint density at radius 1 is 1.15 bits per heavy atom. The maximum absolute atomic E-state index is 13.3. The minimum atomic E-state index is -4.23. The Balaban J connectivity index is 1.94. The summed E-state index contributed by atoms with van der Waals surface area (Å²) in [4.78, 5) is 15.3. The predicted octanol–water partition coefficient (Wildman–Crippen LogP) is 4.36. The number of fused-ring (bicyclic) bond motifs is 1. The number of nitrogens with one attached hydrogen (secondary N) is 2. The summed E-state index contributed by atoms with van der Waals surface area (Å²) in [6.07, 6.45) is 0. The molecule has 0 atom stereocenters. The average molecular weight is 413 g/mol. The van der Waals surface area contributed by atoms with Crippen LogP contribution in [0.1, 0.15) is 28.5 Å². The van der Waals surface area contributed by atoms with Gasteiger partial charge in [-0.3, -0.25) is 4.79 Å². The molecule has 0 spiro atoms. The highest BCUT2D eigenvalue weighted by Crippen LogP contribution is 2.28. The third kappa shape index (κ3) is 3.81. The minimum Gasteiger partial charge on any atom is -0.358 e. The molecule has 3 aromatic rings. The lowest BCUT2D eigenvalue weighted by Crippen LogP contribution is -2.31. The first-order valence-electron chi connectivity index (χ1n) is 7.82. The fourth-order valence-electron chi connectivity index (χ4n) is 2.75. The number of hydrogen-bond acceptors (Lipinski definition) is 3. The Labute approximate surface area is 159 Å². The zero-order valence-corrected chi connectivity index (χ0v) is 15.9. The number of amides is 1. The van der Waals surface area contributed by atoms with Gasteiger partial charge in [-0.25, -0.2) is 21.9 Å². The second kappa shape index (κ2) is 6.61. The Hall–Kier alpha value is -2.45. The number of H-pyrrole nitrogens is 1. The fraction of sp³-hybridized carbons (Fsp3) is 0.167. The van der Waals surface area contributed by atoms with Crippen LogP contribution in [0.25, 0.3) is 10.9 Å². The molecule has 2 N–H and O–H groups in total. The summed E-state index contributed by atoms with van der Waals surface area (Å²) in [7, 11) is -4.23. The molecule has 2 aromatic carbocycles. The molecule has 0 aliphatic heterocycles. The molecule has 0 saturated carbocycles. The van der Waals surface area contributed by atoms with Crippen molar-refractivity contribution in [1.29, 1.82) is 0 Å². The number of aryl methyl sites for hydroxylation is 1. The van der Waals surface area contributed by atoms with Crippen LogP contribution in [0.2, 0.25) is 5.02 Å². The first-order chi connectivity index (χ1) is 12.5. The standard InChI is InChI=1S/C18H15ClF2N2O3S/c1-10-16(14-9-12(19)5-8-15(14)22-10)17(24)23-27(25,26)13-6-3-11(4-7-13)18(2,20)21/h3-9,22H,1-2H3,(H,23,24). The van der Waals surface area contributed by atoms with E-state index < -0.39 is 21.9 Å². The van der Waals surface area contributed by atoms with Crippen LogP contribution in [0.15, 0.2) is 47.4 Å². The molecular weight excluding hydrogens is 398 g/mol. The minimum absolute atomic E-state index is 0.146. The van der Waals surface area contributed by atoms with Gasteiger partial charge in [-0.05, 0) is 37.3 Å². The highest BCUT2D eigenvalue weighted by Gasteiger charge is 2.26. The van der Waals surface area contributed by atoms with Crippen LogP contribution >= 0.6 is 11.6 Å². The largest absolute Gasteiger partial charge is 0.358 e. The summed E-state index contributed by atoms with van der Waals surface area (Å²) in [6.45, 7) is 2.34. The van der Waals surface area contributed by atoms with Gasteiger partial charge in [0, 0.05) is 34.1 Å². The number of alkyl halides is 2. The van der Waals surface area contributed by atoms with Gasteiger partial charge in [0.2, 0.25) is 0 Å². The molecule has 142 valence electrons. The fourth-order valence-corrected chi connectivity index (χ4v) is 3.88. The van der Waals surface area contributed by atoms with Gasteiger partial charge in [0.15, 0.2) is 0 Å². The molecular formula is C18H15ClF2N2O3S. The molecule has 27 heavy (non-hydrogen) atoms. The topological polar surface area (TPSA) is 79.0 Å². The first kappa shape index (κ1) is 19.3. The zero-order chi connectivity index (χ0) is 20.0. The van der Waals surface area contributed by atoms with E-state index in [0.717, 1.165) is 24.3 Å². The summed E-state index contributed by atoms with van der Waals surface area (Å²) >= 11 is 5.96. The van der Waals surface area contributed by atoms with E-state index >= 15 is 0 Å². The summed E-state index contributed by atoms with van der Waals surface area (Å²) in [5, 5.41) is 0.878. The number of aromatic nitrogens is 1. The Morgan fingerprint density at radius 2 is 1.78 bits per heavy atom. The van der Waals surface area contributed by atoms with Crippen LogP contribution in [0.4, 0.5) is 8.78 Å². The van der Waals surface area contributed by atoms with Gasteiger partial charge in [-0.1, -0.05) is 23.7 Å². The summed E-state index contributed by atoms with van der Waals surface area (Å²) in [6, 6.07) is 8.96. The van der Waals surface area contributed by atoms with Crippen LogP contribution in [0.3, 0.4) is 0 Å². The summed E-state index contributed by atoms with van der Waals surface area (Å²) in [5.41, 5.74) is 0.928. The average Bonchev–Trinajstić information content (AvgIpc) is 2.89. The van der Waals surface area contributed by atoms with E-state index in [1.54, 1.807) is 25.1 Å². The van der Waals surface area contributed by atoms with Crippen molar-refractivity contribution in [3.8, 4) is 0 Å². The third-order valence-electron chi connectivity index (χ3n) is 4.07. The van der Waals surface area contributed by atoms with Crippen molar-refractivity contribution in [1.82, 2.24) is 9.71 Å². The van der Waals surface area contributed by atoms with Crippen LogP contribution in [-0.2, 0) is 15.9 Å². The molecule has 1 amide bonds. The third-order valence-corrected chi connectivity index (χ3v) is 5.66. The quantitative estimate of drug-likeness (QED) is 0.668. The molecule has 3 rings (SSSR count). The second-order valence-corrected chi connectivity index (χ2v) is 8.28. The van der Waals surface area contributed by atoms with Crippen LogP contribution < -0.4 is 4.72 Å². The number of aromatic amines is 1. The molecule has 1 heterocycles. The van der Waals surface area contributed by atoms with E-state index in [0.29, 0.717) is 28.5 Å². The molecule has 0 fully saturated rings. The molecule has 0 unspecified atom stereocenters. The van der Waals surface area contributed by atoms with Crippen molar-refractivity contribution in [2.75, 3.05) is 0 Å². The Bertz CT molecular complexity index is 1130. The van der Waals surface area contributed by atoms with Crippen LogP contribution in [-0.4, -0.2) is 19.3 Å². The summed E-state index contributed by atoms with van der Waals surface area (Å²) in [5.74, 6) is -3.93. The van der Waals surface area contributed by atoms with Gasteiger partial charge >= 0.3 is 0 Å². The Kier molecular flexibility index (Phi) is 4.73. The van der Waals surface area contributed by atoms with Gasteiger partial charge in [0.1, 0.15) is 0 Å². The van der Waals surface area contributed by atoms with Crippen LogP contribution in [0.5, 0.6) is 0 Å². The van der Waals surface area contributed by atoms with E-state index in [1.165, 1.54) is 0 Å². The molecule has 9 heteroatoms. The van der Waals surface area contributed by atoms with E-state index in [-0.39, 0.29) is 16.0 Å². The van der Waals surface area contributed by atoms with E-state index in [2.05, 4.69) is 4.98 Å². The number of halogens is 3.